The molecule has 124 valence electrons. The molecular weight excluding hydrogens is 262 g/mol. The second-order valence-electron chi connectivity index (χ2n) is 7.28. The van der Waals surface area contributed by atoms with Gasteiger partial charge in [0.05, 0.1) is 5.60 Å². The third-order valence-electron chi connectivity index (χ3n) is 6.15. The number of rotatable bonds is 5. The molecule has 2 fully saturated rings. The Labute approximate surface area is 131 Å². The van der Waals surface area contributed by atoms with Gasteiger partial charge in [-0.05, 0) is 65.7 Å². The van der Waals surface area contributed by atoms with Gasteiger partial charge < -0.3 is 15.4 Å². The molecule has 0 aromatic heterocycles. The maximum Gasteiger partial charge on any atom is 0.0670 e. The van der Waals surface area contributed by atoms with Crippen LogP contribution in [0.25, 0.3) is 0 Å². The van der Waals surface area contributed by atoms with Gasteiger partial charge in [0, 0.05) is 24.7 Å². The minimum absolute atomic E-state index is 0.00397. The molecular formula is C17H35N3O. The summed E-state index contributed by atoms with van der Waals surface area (Å²) in [5.41, 5.74) is 6.39. The summed E-state index contributed by atoms with van der Waals surface area (Å²) >= 11 is 0. The van der Waals surface area contributed by atoms with Crippen LogP contribution in [0.4, 0.5) is 0 Å². The van der Waals surface area contributed by atoms with Gasteiger partial charge >= 0.3 is 0 Å². The van der Waals surface area contributed by atoms with Crippen molar-refractivity contribution in [1.82, 2.24) is 9.80 Å². The van der Waals surface area contributed by atoms with Crippen molar-refractivity contribution in [3.8, 4) is 0 Å². The average Bonchev–Trinajstić information content (AvgIpc) is 2.54. The summed E-state index contributed by atoms with van der Waals surface area (Å²) in [5, 5.41) is 0. The fraction of sp³-hybridized carbons (Fsp3) is 1.00. The molecule has 0 aliphatic carbocycles. The van der Waals surface area contributed by atoms with Crippen molar-refractivity contribution in [3.63, 3.8) is 0 Å². The Morgan fingerprint density at radius 1 is 1.29 bits per heavy atom. The van der Waals surface area contributed by atoms with Crippen LogP contribution in [0.1, 0.15) is 52.9 Å². The lowest BCUT2D eigenvalue weighted by molar-refractivity contribution is -0.134. The molecule has 2 aliphatic rings. The first kappa shape index (κ1) is 17.2. The normalized spacial score (nSPS) is 36.3. The largest absolute Gasteiger partial charge is 0.375 e. The van der Waals surface area contributed by atoms with Gasteiger partial charge in [-0.3, -0.25) is 4.90 Å². The van der Waals surface area contributed by atoms with E-state index in [2.05, 4.69) is 37.6 Å². The van der Waals surface area contributed by atoms with E-state index in [1.54, 1.807) is 0 Å². The first-order valence-electron chi connectivity index (χ1n) is 8.78. The van der Waals surface area contributed by atoms with Crippen molar-refractivity contribution in [2.45, 2.75) is 70.1 Å². The highest BCUT2D eigenvalue weighted by Crippen LogP contribution is 2.39. The Morgan fingerprint density at radius 2 is 1.95 bits per heavy atom. The van der Waals surface area contributed by atoms with Crippen molar-refractivity contribution in [1.29, 1.82) is 0 Å². The molecule has 0 radical (unpaired) electrons. The van der Waals surface area contributed by atoms with Gasteiger partial charge in [0.2, 0.25) is 0 Å². The van der Waals surface area contributed by atoms with Crippen LogP contribution >= 0.6 is 0 Å². The van der Waals surface area contributed by atoms with Gasteiger partial charge in [0.15, 0.2) is 0 Å². The van der Waals surface area contributed by atoms with Crippen LogP contribution in [0.5, 0.6) is 0 Å². The van der Waals surface area contributed by atoms with Gasteiger partial charge in [-0.25, -0.2) is 0 Å². The zero-order chi connectivity index (χ0) is 15.5. The van der Waals surface area contributed by atoms with E-state index < -0.39 is 0 Å². The molecule has 0 spiro atoms. The molecule has 2 rings (SSSR count). The van der Waals surface area contributed by atoms with E-state index in [1.165, 1.54) is 32.5 Å². The number of hydrogen-bond acceptors (Lipinski definition) is 4. The number of nitrogens with two attached hydrogens (primary N) is 1. The summed E-state index contributed by atoms with van der Waals surface area (Å²) in [6.45, 7) is 12.0. The molecule has 2 heterocycles. The maximum atomic E-state index is 6.27. The minimum atomic E-state index is -0.00397. The van der Waals surface area contributed by atoms with E-state index in [9.17, 15) is 0 Å². The number of likely N-dealkylation sites (tertiary alicyclic amines) is 1. The van der Waals surface area contributed by atoms with Crippen molar-refractivity contribution in [3.05, 3.63) is 0 Å². The van der Waals surface area contributed by atoms with E-state index in [0.29, 0.717) is 6.04 Å². The van der Waals surface area contributed by atoms with E-state index in [1.807, 2.05) is 0 Å². The predicted octanol–water partition coefficient (Wildman–Crippen LogP) is 2.08. The highest BCUT2D eigenvalue weighted by Gasteiger charge is 2.46. The van der Waals surface area contributed by atoms with Crippen LogP contribution in [0, 0.1) is 0 Å². The number of piperidine rings is 1. The van der Waals surface area contributed by atoms with Gasteiger partial charge in [-0.1, -0.05) is 13.8 Å². The molecule has 2 unspecified atom stereocenters. The summed E-state index contributed by atoms with van der Waals surface area (Å²) in [5.74, 6) is 0. The smallest absolute Gasteiger partial charge is 0.0670 e. The Bertz CT molecular complexity index is 330. The van der Waals surface area contributed by atoms with Crippen molar-refractivity contribution < 1.29 is 4.74 Å². The molecule has 2 N–H and O–H groups in total. The Kier molecular flexibility index (Phi) is 5.69. The zero-order valence-corrected chi connectivity index (χ0v) is 14.5. The molecule has 0 aromatic carbocycles. The lowest BCUT2D eigenvalue weighted by Gasteiger charge is -2.53. The molecule has 0 amide bonds. The second kappa shape index (κ2) is 6.95. The van der Waals surface area contributed by atoms with Crippen LogP contribution in [-0.2, 0) is 4.74 Å². The quantitative estimate of drug-likeness (QED) is 0.843. The zero-order valence-electron chi connectivity index (χ0n) is 14.5. The summed E-state index contributed by atoms with van der Waals surface area (Å²) in [6.07, 6.45) is 5.75. The van der Waals surface area contributed by atoms with E-state index in [4.69, 9.17) is 10.5 Å². The Morgan fingerprint density at radius 3 is 2.48 bits per heavy atom. The van der Waals surface area contributed by atoms with Crippen molar-refractivity contribution in [2.24, 2.45) is 5.73 Å². The molecule has 0 aromatic rings. The first-order chi connectivity index (χ1) is 9.98. The highest BCUT2D eigenvalue weighted by molar-refractivity contribution is 5.01. The molecule has 2 aliphatic heterocycles. The van der Waals surface area contributed by atoms with Crippen LogP contribution in [0.2, 0.25) is 0 Å². The first-order valence-corrected chi connectivity index (χ1v) is 8.78. The minimum Gasteiger partial charge on any atom is -0.375 e. The number of likely N-dealkylation sites (N-methyl/N-ethyl adjacent to an activating group) is 1. The molecule has 0 bridgehead atoms. The van der Waals surface area contributed by atoms with Gasteiger partial charge in [-0.15, -0.1) is 0 Å². The second-order valence-corrected chi connectivity index (χ2v) is 7.28. The predicted molar refractivity (Wildman–Crippen MR) is 88.6 cm³/mol. The molecule has 0 saturated carbocycles. The van der Waals surface area contributed by atoms with Crippen LogP contribution in [0.3, 0.4) is 0 Å². The third kappa shape index (κ3) is 3.61. The Hall–Kier alpha value is -0.160. The van der Waals surface area contributed by atoms with Crippen molar-refractivity contribution >= 4 is 0 Å². The number of ether oxygens (including phenoxy) is 1. The van der Waals surface area contributed by atoms with E-state index in [-0.39, 0.29) is 11.1 Å². The third-order valence-corrected chi connectivity index (χ3v) is 6.15. The maximum absolute atomic E-state index is 6.27. The SMILES string of the molecule is CCN1CCC(N(C)C2(CN)CCOC(C)(CC)C2)CC1. The lowest BCUT2D eigenvalue weighted by atomic mass is 9.77. The van der Waals surface area contributed by atoms with Gasteiger partial charge in [-0.2, -0.15) is 0 Å². The molecule has 4 heteroatoms. The fourth-order valence-electron chi connectivity index (χ4n) is 4.18. The summed E-state index contributed by atoms with van der Waals surface area (Å²) in [7, 11) is 2.31. The lowest BCUT2D eigenvalue weighted by Crippen LogP contribution is -2.63. The molecule has 2 saturated heterocycles. The monoisotopic (exact) mass is 297 g/mol. The van der Waals surface area contributed by atoms with Crippen LogP contribution in [0.15, 0.2) is 0 Å². The van der Waals surface area contributed by atoms with E-state index >= 15 is 0 Å². The standard InChI is InChI=1S/C17H35N3O/c1-5-16(3)13-17(14-18,9-12-21-16)19(4)15-7-10-20(6-2)11-8-15/h15H,5-14,18H2,1-4H3. The van der Waals surface area contributed by atoms with E-state index in [0.717, 1.165) is 32.4 Å². The number of nitrogens with zero attached hydrogens (tertiary/aromatic N) is 2. The van der Waals surface area contributed by atoms with Gasteiger partial charge in [0.1, 0.15) is 0 Å². The summed E-state index contributed by atoms with van der Waals surface area (Å²) < 4.78 is 6.05. The van der Waals surface area contributed by atoms with Crippen molar-refractivity contribution in [2.75, 3.05) is 39.8 Å². The van der Waals surface area contributed by atoms with Crippen LogP contribution in [-0.4, -0.2) is 66.8 Å². The molecule has 4 nitrogen and oxygen atoms in total. The topological polar surface area (TPSA) is 41.7 Å². The van der Waals surface area contributed by atoms with Crippen LogP contribution < -0.4 is 5.73 Å². The molecule has 2 atom stereocenters. The van der Waals surface area contributed by atoms with Gasteiger partial charge in [0.25, 0.3) is 0 Å². The summed E-state index contributed by atoms with van der Waals surface area (Å²) in [4.78, 5) is 5.18. The summed E-state index contributed by atoms with van der Waals surface area (Å²) in [6, 6.07) is 0.676. The Balaban J connectivity index is 2.05. The molecule has 21 heavy (non-hydrogen) atoms. The fourth-order valence-corrected chi connectivity index (χ4v) is 4.18. The average molecular weight is 297 g/mol. The number of hydrogen-bond donors (Lipinski definition) is 1. The highest BCUT2D eigenvalue weighted by atomic mass is 16.5.